The second-order valence-corrected chi connectivity index (χ2v) is 15.4. The minimum absolute atomic E-state index is 0.460. The van der Waals surface area contributed by atoms with Gasteiger partial charge in [0.05, 0.1) is 47.0 Å². The van der Waals surface area contributed by atoms with Crippen LogP contribution in [0.4, 0.5) is 0 Å². The molecular formula is C36H56N4. The van der Waals surface area contributed by atoms with Crippen LogP contribution < -0.4 is 0 Å². The van der Waals surface area contributed by atoms with E-state index in [9.17, 15) is 0 Å². The maximum Gasteiger partial charge on any atom is 0.0729 e. The van der Waals surface area contributed by atoms with Gasteiger partial charge < -0.3 is 0 Å². The predicted molar refractivity (Wildman–Crippen MR) is 170 cm³/mol. The summed E-state index contributed by atoms with van der Waals surface area (Å²) in [6, 6.07) is 1.87. The Morgan fingerprint density at radius 3 is 1.05 bits per heavy atom. The molecule has 6 atom stereocenters. The summed E-state index contributed by atoms with van der Waals surface area (Å²) < 4.78 is 0. The van der Waals surface area contributed by atoms with E-state index in [1.807, 2.05) is 0 Å². The highest BCUT2D eigenvalue weighted by Gasteiger charge is 2.41. The predicted octanol–water partition coefficient (Wildman–Crippen LogP) is 8.86. The molecule has 0 aromatic heterocycles. The Hall–Kier alpha value is -1.32. The molecule has 0 saturated heterocycles. The topological polar surface area (TPSA) is 49.4 Å². The molecule has 2 heterocycles. The van der Waals surface area contributed by atoms with E-state index in [0.717, 1.165) is 11.8 Å². The molecule has 0 N–H and O–H groups in total. The number of rotatable bonds is 4. The van der Waals surface area contributed by atoms with Gasteiger partial charge in [-0.3, -0.25) is 20.0 Å². The summed E-state index contributed by atoms with van der Waals surface area (Å²) in [4.78, 5) is 22.5. The molecule has 0 aromatic rings. The Kier molecular flexibility index (Phi) is 8.33. The van der Waals surface area contributed by atoms with Crippen LogP contribution in [0.5, 0.6) is 0 Å². The van der Waals surface area contributed by atoms with E-state index >= 15 is 0 Å². The van der Waals surface area contributed by atoms with E-state index < -0.39 is 0 Å². The molecule has 4 heteroatoms. The van der Waals surface area contributed by atoms with Gasteiger partial charge in [0.15, 0.2) is 0 Å². The van der Waals surface area contributed by atoms with Gasteiger partial charge in [-0.05, 0) is 102 Å². The highest BCUT2D eigenvalue weighted by Crippen LogP contribution is 2.41. The van der Waals surface area contributed by atoms with Crippen molar-refractivity contribution in [3.63, 3.8) is 0 Å². The number of aliphatic imine (C=N–C) groups is 4. The molecule has 220 valence electrons. The van der Waals surface area contributed by atoms with Crippen LogP contribution in [0.15, 0.2) is 20.0 Å². The highest BCUT2D eigenvalue weighted by atomic mass is 15.0. The lowest BCUT2D eigenvalue weighted by Gasteiger charge is -2.41. The van der Waals surface area contributed by atoms with Crippen LogP contribution in [0.2, 0.25) is 0 Å². The number of fused-ring (bicyclic) bond motifs is 2. The van der Waals surface area contributed by atoms with Crippen LogP contribution in [0.3, 0.4) is 0 Å². The molecule has 2 aliphatic heterocycles. The molecule has 6 unspecified atom stereocenters. The van der Waals surface area contributed by atoms with Crippen LogP contribution in [-0.4, -0.2) is 47.0 Å². The van der Waals surface area contributed by atoms with Crippen molar-refractivity contribution < 1.29 is 0 Å². The summed E-state index contributed by atoms with van der Waals surface area (Å²) in [6.45, 7) is 4.87. The Morgan fingerprint density at radius 2 is 0.675 bits per heavy atom. The van der Waals surface area contributed by atoms with E-state index in [0.29, 0.717) is 47.8 Å². The summed E-state index contributed by atoms with van der Waals surface area (Å²) in [5, 5.41) is 0. The molecule has 0 spiro atoms. The molecule has 5 saturated carbocycles. The standard InChI is InChI=1S/C36H56N4/c1-23-13-19-29-31(21-23)39-35(33(37-29)25-9-5-3-6-10-25)27-15-17-28(18-16-27)36-34(26-11-7-4-8-12-26)38-30-20-14-24(2)22-32(30)40-36/h23-32H,3-22H2,1-2H3. The summed E-state index contributed by atoms with van der Waals surface area (Å²) >= 11 is 0. The van der Waals surface area contributed by atoms with Gasteiger partial charge >= 0.3 is 0 Å². The fraction of sp³-hybridized carbons (Fsp3) is 0.889. The van der Waals surface area contributed by atoms with Crippen LogP contribution in [-0.2, 0) is 0 Å². The lowest BCUT2D eigenvalue weighted by Crippen LogP contribution is -2.45. The third kappa shape index (κ3) is 5.68. The SMILES string of the molecule is CC1CCC2N=C(C3CCCCC3)C(C3CCC(C4=NC5CC(C)CCC5N=C4C4CCCCC4)CC3)=NC2C1. The van der Waals surface area contributed by atoms with Crippen molar-refractivity contribution in [3.8, 4) is 0 Å². The van der Waals surface area contributed by atoms with Gasteiger partial charge in [-0.15, -0.1) is 0 Å². The van der Waals surface area contributed by atoms with Crippen molar-refractivity contribution >= 4 is 22.8 Å². The molecule has 0 aromatic carbocycles. The maximum absolute atomic E-state index is 5.65. The molecular weight excluding hydrogens is 488 g/mol. The van der Waals surface area contributed by atoms with E-state index in [1.54, 1.807) is 0 Å². The lowest BCUT2D eigenvalue weighted by atomic mass is 9.70. The second kappa shape index (κ2) is 12.1. The Labute approximate surface area is 244 Å². The number of hydrogen-bond donors (Lipinski definition) is 0. The summed E-state index contributed by atoms with van der Waals surface area (Å²) in [5.41, 5.74) is 5.93. The van der Waals surface area contributed by atoms with Crippen molar-refractivity contribution in [3.05, 3.63) is 0 Å². The zero-order chi connectivity index (χ0) is 27.1. The van der Waals surface area contributed by atoms with Gasteiger partial charge in [0, 0.05) is 23.7 Å². The monoisotopic (exact) mass is 544 g/mol. The Balaban J connectivity index is 1.10. The number of hydrogen-bond acceptors (Lipinski definition) is 4. The first-order valence-electron chi connectivity index (χ1n) is 17.9. The molecule has 0 radical (unpaired) electrons. The smallest absolute Gasteiger partial charge is 0.0729 e. The van der Waals surface area contributed by atoms with Crippen LogP contribution in [0, 0.1) is 35.5 Å². The highest BCUT2D eigenvalue weighted by molar-refractivity contribution is 6.45. The molecule has 5 fully saturated rings. The Bertz CT molecular complexity index is 935. The van der Waals surface area contributed by atoms with E-state index in [4.69, 9.17) is 20.0 Å². The summed E-state index contributed by atoms with van der Waals surface area (Å²) in [6.07, 6.45) is 26.6. The molecule has 4 nitrogen and oxygen atoms in total. The summed E-state index contributed by atoms with van der Waals surface area (Å²) in [7, 11) is 0. The van der Waals surface area contributed by atoms with E-state index in [2.05, 4.69) is 13.8 Å². The van der Waals surface area contributed by atoms with Gasteiger partial charge in [0.2, 0.25) is 0 Å². The van der Waals surface area contributed by atoms with Gasteiger partial charge in [-0.1, -0.05) is 52.4 Å². The van der Waals surface area contributed by atoms with Crippen molar-refractivity contribution in [1.29, 1.82) is 0 Å². The summed E-state index contributed by atoms with van der Waals surface area (Å²) in [5.74, 6) is 4.23. The first-order chi connectivity index (χ1) is 19.6. The van der Waals surface area contributed by atoms with Crippen molar-refractivity contribution in [2.45, 2.75) is 166 Å². The maximum atomic E-state index is 5.65. The molecule has 5 aliphatic carbocycles. The van der Waals surface area contributed by atoms with Crippen LogP contribution in [0.25, 0.3) is 0 Å². The van der Waals surface area contributed by atoms with Gasteiger partial charge in [-0.2, -0.15) is 0 Å². The largest absolute Gasteiger partial charge is 0.282 e. The molecule has 7 aliphatic rings. The molecule has 40 heavy (non-hydrogen) atoms. The second-order valence-electron chi connectivity index (χ2n) is 15.4. The zero-order valence-corrected chi connectivity index (χ0v) is 25.7. The average Bonchev–Trinajstić information content (AvgIpc) is 3.00. The van der Waals surface area contributed by atoms with Crippen molar-refractivity contribution in [2.24, 2.45) is 55.5 Å². The molecule has 0 bridgehead atoms. The first-order valence-corrected chi connectivity index (χ1v) is 17.9. The van der Waals surface area contributed by atoms with Gasteiger partial charge in [0.1, 0.15) is 0 Å². The van der Waals surface area contributed by atoms with Gasteiger partial charge in [0.25, 0.3) is 0 Å². The fourth-order valence-electron chi connectivity index (χ4n) is 9.88. The fourth-order valence-corrected chi connectivity index (χ4v) is 9.88. The minimum atomic E-state index is 0.460. The zero-order valence-electron chi connectivity index (χ0n) is 25.7. The lowest BCUT2D eigenvalue weighted by molar-refractivity contribution is 0.299. The Morgan fingerprint density at radius 1 is 0.350 bits per heavy atom. The average molecular weight is 545 g/mol. The molecule has 0 amide bonds. The number of nitrogens with zero attached hydrogens (tertiary/aromatic N) is 4. The quantitative estimate of drug-likeness (QED) is 0.339. The van der Waals surface area contributed by atoms with E-state index in [1.165, 1.54) is 151 Å². The van der Waals surface area contributed by atoms with Crippen LogP contribution in [0.1, 0.15) is 142 Å². The molecule has 7 rings (SSSR count). The third-order valence-electron chi connectivity index (χ3n) is 12.3. The third-order valence-corrected chi connectivity index (χ3v) is 12.3. The van der Waals surface area contributed by atoms with E-state index in [-0.39, 0.29) is 0 Å². The van der Waals surface area contributed by atoms with Crippen molar-refractivity contribution in [1.82, 2.24) is 0 Å². The van der Waals surface area contributed by atoms with Gasteiger partial charge in [-0.25, -0.2) is 0 Å². The van der Waals surface area contributed by atoms with Crippen molar-refractivity contribution in [2.75, 3.05) is 0 Å². The minimum Gasteiger partial charge on any atom is -0.282 e. The normalized spacial score (nSPS) is 41.6. The first kappa shape index (κ1) is 27.5. The van der Waals surface area contributed by atoms with Crippen LogP contribution >= 0.6 is 0 Å².